The van der Waals surface area contributed by atoms with Crippen molar-refractivity contribution < 1.29 is 35.5 Å². The molecule has 0 aromatic heterocycles. The van der Waals surface area contributed by atoms with Crippen LogP contribution in [0, 0.1) is 11.9 Å². The van der Waals surface area contributed by atoms with Gasteiger partial charge in [0.05, 0.1) is 0 Å². The van der Waals surface area contributed by atoms with Crippen LogP contribution >= 0.6 is 15.9 Å². The second-order valence-electron chi connectivity index (χ2n) is 5.16. The molecule has 25 heavy (non-hydrogen) atoms. The summed E-state index contributed by atoms with van der Waals surface area (Å²) in [6, 6.07) is 5.22. The lowest BCUT2D eigenvalue weighted by Crippen LogP contribution is -2.47. The van der Waals surface area contributed by atoms with Crippen molar-refractivity contribution in [2.45, 2.75) is 29.8 Å². The monoisotopic (exact) mass is 432 g/mol. The number of allylic oxidation sites excluding steroid dienone is 2. The molecule has 2 rings (SSSR count). The molecular formula is C15H10BrF7NO. The summed E-state index contributed by atoms with van der Waals surface area (Å²) in [5, 5.41) is 2.28. The van der Waals surface area contributed by atoms with E-state index in [0.29, 0.717) is 0 Å². The highest BCUT2D eigenvalue weighted by molar-refractivity contribution is 9.09. The average molecular weight is 433 g/mol. The Balaban J connectivity index is 2.36. The number of dihydropyridines is 1. The van der Waals surface area contributed by atoms with Crippen molar-refractivity contribution in [3.63, 3.8) is 0 Å². The molecule has 1 atom stereocenters. The van der Waals surface area contributed by atoms with Crippen molar-refractivity contribution in [1.29, 1.82) is 0 Å². The first-order chi connectivity index (χ1) is 11.3. The molecule has 10 heteroatoms. The molecule has 0 fully saturated rings. The number of halogens is 8. The van der Waals surface area contributed by atoms with Crippen LogP contribution < -0.4 is 5.32 Å². The van der Waals surface area contributed by atoms with Gasteiger partial charge in [0, 0.05) is 17.7 Å². The van der Waals surface area contributed by atoms with Crippen LogP contribution in [0.5, 0.6) is 0 Å². The molecule has 0 aliphatic carbocycles. The Morgan fingerprint density at radius 2 is 1.68 bits per heavy atom. The molecule has 137 valence electrons. The van der Waals surface area contributed by atoms with Crippen molar-refractivity contribution in [2.24, 2.45) is 0 Å². The van der Waals surface area contributed by atoms with Gasteiger partial charge in [0.25, 0.3) is 6.10 Å². The molecule has 1 unspecified atom stereocenters. The smallest absolute Gasteiger partial charge is 0.434 e. The number of benzene rings is 1. The third kappa shape index (κ3) is 4.47. The van der Waals surface area contributed by atoms with Gasteiger partial charge in [-0.2, -0.15) is 26.3 Å². The van der Waals surface area contributed by atoms with Gasteiger partial charge in [0.1, 0.15) is 10.3 Å². The van der Waals surface area contributed by atoms with Crippen molar-refractivity contribution >= 4 is 15.9 Å². The molecule has 1 radical (unpaired) electrons. The lowest BCUT2D eigenvalue weighted by Gasteiger charge is -2.34. The number of ether oxygens (including phenoxy) is 1. The van der Waals surface area contributed by atoms with E-state index in [1.165, 1.54) is 25.1 Å². The van der Waals surface area contributed by atoms with E-state index >= 15 is 0 Å². The number of nitrogens with one attached hydrogen (secondary N) is 1. The molecule has 0 saturated heterocycles. The van der Waals surface area contributed by atoms with Crippen molar-refractivity contribution in [1.82, 2.24) is 5.32 Å². The summed E-state index contributed by atoms with van der Waals surface area (Å²) >= 11 is 3.06. The van der Waals surface area contributed by atoms with Crippen LogP contribution in [-0.2, 0) is 9.19 Å². The first-order valence-corrected chi connectivity index (χ1v) is 7.48. The van der Waals surface area contributed by atoms with Crippen LogP contribution in [-0.4, -0.2) is 18.5 Å². The van der Waals surface area contributed by atoms with Crippen molar-refractivity contribution in [2.75, 3.05) is 0 Å². The summed E-state index contributed by atoms with van der Waals surface area (Å²) in [5.41, 5.74) is 0.0658. The summed E-state index contributed by atoms with van der Waals surface area (Å²) in [6.07, 6.45) is -11.8. The topological polar surface area (TPSA) is 21.3 Å². The molecule has 0 saturated carbocycles. The predicted molar refractivity (Wildman–Crippen MR) is 77.6 cm³/mol. The van der Waals surface area contributed by atoms with Crippen LogP contribution in [0.15, 0.2) is 41.8 Å². The normalized spacial score (nSPS) is 21.5. The minimum Gasteiger partial charge on any atom is -0.457 e. The number of alkyl halides is 7. The first-order valence-electron chi connectivity index (χ1n) is 6.68. The Morgan fingerprint density at radius 3 is 2.20 bits per heavy atom. The molecule has 0 amide bonds. The van der Waals surface area contributed by atoms with E-state index in [-0.39, 0.29) is 11.1 Å². The quantitative estimate of drug-likeness (QED) is 0.408. The third-order valence-corrected chi connectivity index (χ3v) is 3.92. The predicted octanol–water partition coefficient (Wildman–Crippen LogP) is 5.08. The lowest BCUT2D eigenvalue weighted by molar-refractivity contribution is -0.314. The number of hydrogen-bond donors (Lipinski definition) is 1. The van der Waals surface area contributed by atoms with Gasteiger partial charge < -0.3 is 10.1 Å². The molecule has 1 aromatic carbocycles. The maximum Gasteiger partial charge on any atom is 0.434 e. The zero-order valence-corrected chi connectivity index (χ0v) is 14.0. The molecule has 0 bridgehead atoms. The highest BCUT2D eigenvalue weighted by Gasteiger charge is 2.59. The molecule has 2 nitrogen and oxygen atoms in total. The Bertz CT molecular complexity index is 697. The summed E-state index contributed by atoms with van der Waals surface area (Å²) in [7, 11) is 0. The average Bonchev–Trinajstić information content (AvgIpc) is 2.41. The molecule has 1 heterocycles. The minimum absolute atomic E-state index is 0.0842. The molecular weight excluding hydrogens is 423 g/mol. The maximum absolute atomic E-state index is 14.0. The zero-order valence-electron chi connectivity index (χ0n) is 12.4. The van der Waals surface area contributed by atoms with E-state index in [0.717, 1.165) is 12.1 Å². The zero-order chi connectivity index (χ0) is 19.0. The molecule has 1 aliphatic rings. The van der Waals surface area contributed by atoms with Crippen LogP contribution in [0.4, 0.5) is 30.7 Å². The van der Waals surface area contributed by atoms with E-state index < -0.39 is 34.6 Å². The van der Waals surface area contributed by atoms with Gasteiger partial charge in [-0.1, -0.05) is 34.1 Å². The molecule has 0 spiro atoms. The second kappa shape index (κ2) is 6.54. The van der Waals surface area contributed by atoms with Crippen LogP contribution in [0.3, 0.4) is 0 Å². The van der Waals surface area contributed by atoms with E-state index in [1.807, 2.05) is 0 Å². The highest BCUT2D eigenvalue weighted by atomic mass is 79.9. The fourth-order valence-electron chi connectivity index (χ4n) is 2.13. The summed E-state index contributed by atoms with van der Waals surface area (Å²) < 4.78 is 92.3. The molecule has 1 N–H and O–H groups in total. The summed E-state index contributed by atoms with van der Waals surface area (Å²) in [6.45, 7) is 1.37. The minimum atomic E-state index is -5.67. The number of hydrogen-bond acceptors (Lipinski definition) is 2. The van der Waals surface area contributed by atoms with Gasteiger partial charge in [0.15, 0.2) is 5.88 Å². The Hall–Kier alpha value is -1.71. The lowest BCUT2D eigenvalue weighted by atomic mass is 10.0. The van der Waals surface area contributed by atoms with Crippen LogP contribution in [0.25, 0.3) is 0 Å². The van der Waals surface area contributed by atoms with E-state index in [9.17, 15) is 30.7 Å². The van der Waals surface area contributed by atoms with Crippen LogP contribution in [0.2, 0.25) is 0 Å². The van der Waals surface area contributed by atoms with Gasteiger partial charge in [-0.05, 0) is 18.6 Å². The fraction of sp³-hybridized carbons (Fsp3) is 0.333. The highest BCUT2D eigenvalue weighted by Crippen LogP contribution is 2.40. The van der Waals surface area contributed by atoms with E-state index in [1.54, 1.807) is 0 Å². The van der Waals surface area contributed by atoms with Gasteiger partial charge in [-0.3, -0.25) is 0 Å². The van der Waals surface area contributed by atoms with Crippen molar-refractivity contribution in [3.8, 4) is 0 Å². The standard InChI is InChI=1S/C15H10BrF7NO/c1-8-6-11(25-12(14(18,19)20)15(21,22)23)24-13(16,7-8)9-4-2-3-5-10(9)17/h2-6,12,24H,1H3. The summed E-state index contributed by atoms with van der Waals surface area (Å²) in [4.78, 5) is 0. The van der Waals surface area contributed by atoms with Gasteiger partial charge in [-0.15, -0.1) is 0 Å². The largest absolute Gasteiger partial charge is 0.457 e. The maximum atomic E-state index is 14.0. The summed E-state index contributed by atoms with van der Waals surface area (Å²) in [5.74, 6) is -1.56. The van der Waals surface area contributed by atoms with E-state index in [4.69, 9.17) is 0 Å². The number of rotatable bonds is 3. The Kier molecular flexibility index (Phi) is 5.13. The van der Waals surface area contributed by atoms with E-state index in [2.05, 4.69) is 32.1 Å². The van der Waals surface area contributed by atoms with Gasteiger partial charge >= 0.3 is 12.4 Å². The Morgan fingerprint density at radius 1 is 1.12 bits per heavy atom. The SMILES string of the molecule is CC1=[C]C(Br)(c2ccccc2F)NC(OC(C(F)(F)F)C(F)(F)F)=C1. The van der Waals surface area contributed by atoms with Gasteiger partial charge in [0.2, 0.25) is 0 Å². The third-order valence-electron chi connectivity index (χ3n) is 3.10. The first kappa shape index (κ1) is 19.6. The van der Waals surface area contributed by atoms with Crippen LogP contribution in [0.1, 0.15) is 12.5 Å². The molecule has 1 aromatic rings. The van der Waals surface area contributed by atoms with Crippen molar-refractivity contribution in [3.05, 3.63) is 59.3 Å². The Labute approximate surface area is 146 Å². The fourth-order valence-corrected chi connectivity index (χ4v) is 2.96. The second-order valence-corrected chi connectivity index (χ2v) is 6.35. The molecule has 1 aliphatic heterocycles. The van der Waals surface area contributed by atoms with Gasteiger partial charge in [-0.25, -0.2) is 4.39 Å².